The van der Waals surface area contributed by atoms with Crippen LogP contribution in [0.1, 0.15) is 42.1 Å². The third-order valence-electron chi connectivity index (χ3n) is 5.67. The van der Waals surface area contributed by atoms with Crippen molar-refractivity contribution in [3.8, 4) is 22.6 Å². The molecule has 0 saturated carbocycles. The van der Waals surface area contributed by atoms with Crippen LogP contribution in [0.3, 0.4) is 0 Å². The van der Waals surface area contributed by atoms with Gasteiger partial charge >= 0.3 is 5.97 Å². The lowest BCUT2D eigenvalue weighted by Crippen LogP contribution is -2.16. The first-order chi connectivity index (χ1) is 14.5. The van der Waals surface area contributed by atoms with Crippen molar-refractivity contribution in [2.24, 2.45) is 0 Å². The smallest absolute Gasteiger partial charge is 0.310 e. The second-order valence-electron chi connectivity index (χ2n) is 7.54. The highest BCUT2D eigenvalue weighted by Crippen LogP contribution is 2.37. The second-order valence-corrected chi connectivity index (χ2v) is 7.54. The zero-order valence-corrected chi connectivity index (χ0v) is 16.9. The number of fused-ring (bicyclic) bond motifs is 1. The van der Waals surface area contributed by atoms with Crippen molar-refractivity contribution in [1.82, 2.24) is 0 Å². The number of halogens is 1. The highest BCUT2D eigenvalue weighted by atomic mass is 19.1. The molecule has 1 aliphatic rings. The third kappa shape index (κ3) is 3.88. The molecule has 3 aromatic rings. The molecule has 0 amide bonds. The maximum Gasteiger partial charge on any atom is 0.310 e. The van der Waals surface area contributed by atoms with Gasteiger partial charge in [0.05, 0.1) is 13.0 Å². The predicted octanol–water partition coefficient (Wildman–Crippen LogP) is 5.76. The van der Waals surface area contributed by atoms with E-state index in [2.05, 4.69) is 0 Å². The molecule has 0 bridgehead atoms. The fourth-order valence-electron chi connectivity index (χ4n) is 3.76. The lowest BCUT2D eigenvalue weighted by molar-refractivity contribution is -0.138. The Morgan fingerprint density at radius 2 is 1.90 bits per heavy atom. The molecule has 0 fully saturated rings. The molecule has 0 aliphatic carbocycles. The van der Waals surface area contributed by atoms with Crippen LogP contribution in [0.5, 0.6) is 11.5 Å². The number of hydrogen-bond donors (Lipinski definition) is 1. The van der Waals surface area contributed by atoms with Crippen molar-refractivity contribution in [1.29, 1.82) is 0 Å². The first-order valence-electron chi connectivity index (χ1n) is 9.92. The summed E-state index contributed by atoms with van der Waals surface area (Å²) in [5, 5.41) is 9.27. The average Bonchev–Trinajstić information content (AvgIpc) is 2.78. The fraction of sp³-hybridized carbons (Fsp3) is 0.240. The Balaban J connectivity index is 1.56. The standard InChI is InChI=1S/C25H23FO4/c1-15(25(27)28)19-8-7-18-9-12-23(30-24(18)13-19)17-5-3-16(4-6-17)21-14-20(29-2)10-11-22(21)26/h3-8,10-11,13-15,23H,9,12H2,1-2H3,(H,27,28). The molecule has 0 spiro atoms. The van der Waals surface area contributed by atoms with Crippen molar-refractivity contribution in [2.75, 3.05) is 7.11 Å². The van der Waals surface area contributed by atoms with Gasteiger partial charge in [-0.05, 0) is 66.3 Å². The maximum atomic E-state index is 14.2. The van der Waals surface area contributed by atoms with Gasteiger partial charge in [-0.15, -0.1) is 0 Å². The number of aryl methyl sites for hydroxylation is 1. The van der Waals surface area contributed by atoms with E-state index >= 15 is 0 Å². The van der Waals surface area contributed by atoms with Gasteiger partial charge in [-0.2, -0.15) is 0 Å². The Labute approximate surface area is 174 Å². The average molecular weight is 406 g/mol. The predicted molar refractivity (Wildman–Crippen MR) is 113 cm³/mol. The van der Waals surface area contributed by atoms with Gasteiger partial charge in [0, 0.05) is 5.56 Å². The molecule has 154 valence electrons. The number of methoxy groups -OCH3 is 1. The number of rotatable bonds is 5. The molecule has 0 radical (unpaired) electrons. The van der Waals surface area contributed by atoms with E-state index < -0.39 is 11.9 Å². The molecule has 0 aromatic heterocycles. The Morgan fingerprint density at radius 3 is 2.60 bits per heavy atom. The maximum absolute atomic E-state index is 14.2. The molecule has 5 heteroatoms. The first-order valence-corrected chi connectivity index (χ1v) is 9.92. The van der Waals surface area contributed by atoms with E-state index in [1.807, 2.05) is 42.5 Å². The normalized spacial score (nSPS) is 16.3. The Hall–Kier alpha value is -3.34. The largest absolute Gasteiger partial charge is 0.497 e. The van der Waals surface area contributed by atoms with Crippen LogP contribution in [0.15, 0.2) is 60.7 Å². The van der Waals surface area contributed by atoms with Crippen LogP contribution in [0.2, 0.25) is 0 Å². The number of carboxylic acids is 1. The van der Waals surface area contributed by atoms with Crippen molar-refractivity contribution >= 4 is 5.97 Å². The summed E-state index contributed by atoms with van der Waals surface area (Å²) in [6.07, 6.45) is 1.55. The molecular weight excluding hydrogens is 383 g/mol. The second kappa shape index (κ2) is 8.19. The highest BCUT2D eigenvalue weighted by molar-refractivity contribution is 5.75. The van der Waals surface area contributed by atoms with Gasteiger partial charge in [0.25, 0.3) is 0 Å². The summed E-state index contributed by atoms with van der Waals surface area (Å²) in [5.41, 5.74) is 4.07. The fourth-order valence-corrected chi connectivity index (χ4v) is 3.76. The van der Waals surface area contributed by atoms with Crippen molar-refractivity contribution < 1.29 is 23.8 Å². The summed E-state index contributed by atoms with van der Waals surface area (Å²) >= 11 is 0. The number of hydrogen-bond acceptors (Lipinski definition) is 3. The topological polar surface area (TPSA) is 55.8 Å². The van der Waals surface area contributed by atoms with Gasteiger partial charge < -0.3 is 14.6 Å². The minimum absolute atomic E-state index is 0.128. The quantitative estimate of drug-likeness (QED) is 0.586. The van der Waals surface area contributed by atoms with Gasteiger partial charge in [-0.3, -0.25) is 4.79 Å². The van der Waals surface area contributed by atoms with Crippen LogP contribution in [-0.4, -0.2) is 18.2 Å². The lowest BCUT2D eigenvalue weighted by Gasteiger charge is -2.27. The summed E-state index contributed by atoms with van der Waals surface area (Å²) in [5.74, 6) is -0.403. The monoisotopic (exact) mass is 406 g/mol. The van der Waals surface area contributed by atoms with Crippen LogP contribution in [0.4, 0.5) is 4.39 Å². The van der Waals surface area contributed by atoms with Gasteiger partial charge in [0.2, 0.25) is 0 Å². The summed E-state index contributed by atoms with van der Waals surface area (Å²) < 4.78 is 25.7. The number of carbonyl (C=O) groups is 1. The van der Waals surface area contributed by atoms with Gasteiger partial charge in [-0.1, -0.05) is 36.4 Å². The van der Waals surface area contributed by atoms with Crippen molar-refractivity contribution in [2.45, 2.75) is 31.8 Å². The number of carboxylic acid groups (broad SMARTS) is 1. The highest BCUT2D eigenvalue weighted by Gasteiger charge is 2.23. The van der Waals surface area contributed by atoms with Crippen LogP contribution in [-0.2, 0) is 11.2 Å². The van der Waals surface area contributed by atoms with Crippen molar-refractivity contribution in [3.05, 3.63) is 83.2 Å². The van der Waals surface area contributed by atoms with E-state index in [9.17, 15) is 14.3 Å². The molecule has 2 unspecified atom stereocenters. The minimum Gasteiger partial charge on any atom is -0.497 e. The molecule has 1 aliphatic heterocycles. The minimum atomic E-state index is -0.859. The molecule has 3 aromatic carbocycles. The van der Waals surface area contributed by atoms with Gasteiger partial charge in [0.1, 0.15) is 23.4 Å². The molecule has 1 heterocycles. The molecular formula is C25H23FO4. The zero-order valence-electron chi connectivity index (χ0n) is 16.9. The zero-order chi connectivity index (χ0) is 21.3. The van der Waals surface area contributed by atoms with Crippen LogP contribution in [0, 0.1) is 5.82 Å². The van der Waals surface area contributed by atoms with Crippen LogP contribution < -0.4 is 9.47 Å². The lowest BCUT2D eigenvalue weighted by atomic mass is 9.93. The molecule has 30 heavy (non-hydrogen) atoms. The first kappa shape index (κ1) is 20.0. The number of aliphatic carboxylic acids is 1. The van der Waals surface area contributed by atoms with Gasteiger partial charge in [-0.25, -0.2) is 4.39 Å². The molecule has 2 atom stereocenters. The Bertz CT molecular complexity index is 1080. The van der Waals surface area contributed by atoms with Gasteiger partial charge in [0.15, 0.2) is 0 Å². The molecule has 4 rings (SSSR count). The van der Waals surface area contributed by atoms with Crippen LogP contribution >= 0.6 is 0 Å². The van der Waals surface area contributed by atoms with E-state index in [0.717, 1.165) is 40.8 Å². The number of ether oxygens (including phenoxy) is 2. The third-order valence-corrected chi connectivity index (χ3v) is 5.67. The Kier molecular flexibility index (Phi) is 5.44. The Morgan fingerprint density at radius 1 is 1.13 bits per heavy atom. The van der Waals surface area contributed by atoms with E-state index in [4.69, 9.17) is 9.47 Å². The SMILES string of the molecule is COc1ccc(F)c(-c2ccc(C3CCc4ccc(C(C)C(=O)O)cc4O3)cc2)c1. The summed E-state index contributed by atoms with van der Waals surface area (Å²) in [6.45, 7) is 1.67. The van der Waals surface area contributed by atoms with E-state index in [0.29, 0.717) is 11.3 Å². The summed E-state index contributed by atoms with van der Waals surface area (Å²) in [6, 6.07) is 18.0. The molecule has 1 N–H and O–H groups in total. The van der Waals surface area contributed by atoms with E-state index in [1.165, 1.54) is 6.07 Å². The van der Waals surface area contributed by atoms with E-state index in [1.54, 1.807) is 26.2 Å². The summed E-state index contributed by atoms with van der Waals surface area (Å²) in [7, 11) is 1.56. The molecule has 0 saturated heterocycles. The summed E-state index contributed by atoms with van der Waals surface area (Å²) in [4.78, 5) is 11.3. The molecule has 4 nitrogen and oxygen atoms in total. The number of benzene rings is 3. The van der Waals surface area contributed by atoms with E-state index in [-0.39, 0.29) is 11.9 Å². The van der Waals surface area contributed by atoms with Crippen molar-refractivity contribution in [3.63, 3.8) is 0 Å². The van der Waals surface area contributed by atoms with Crippen LogP contribution in [0.25, 0.3) is 11.1 Å².